The monoisotopic (exact) mass is 230 g/mol. The highest BCUT2D eigenvalue weighted by atomic mass is 16.5. The molecule has 1 heterocycles. The molecule has 2 N–H and O–H groups in total. The van der Waals surface area contributed by atoms with E-state index in [0.717, 1.165) is 23.3 Å². The lowest BCUT2D eigenvalue weighted by Gasteiger charge is -2.14. The molecule has 0 fully saturated rings. The van der Waals surface area contributed by atoms with Crippen LogP contribution in [-0.2, 0) is 0 Å². The van der Waals surface area contributed by atoms with E-state index in [-0.39, 0.29) is 0 Å². The first-order chi connectivity index (χ1) is 8.30. The van der Waals surface area contributed by atoms with Gasteiger partial charge in [-0.05, 0) is 36.1 Å². The number of ether oxygens (including phenoxy) is 1. The van der Waals surface area contributed by atoms with Gasteiger partial charge in [0.25, 0.3) is 0 Å². The number of benzene rings is 1. The minimum atomic E-state index is 0.326. The summed E-state index contributed by atoms with van der Waals surface area (Å²) in [5.74, 6) is 1.20. The zero-order valence-electron chi connectivity index (χ0n) is 10.3. The van der Waals surface area contributed by atoms with Gasteiger partial charge in [-0.1, -0.05) is 6.92 Å². The molecule has 0 saturated heterocycles. The van der Waals surface area contributed by atoms with Crippen LogP contribution in [0.5, 0.6) is 5.75 Å². The Morgan fingerprint density at radius 1 is 1.35 bits per heavy atom. The molecule has 0 radical (unpaired) electrons. The molecule has 0 saturated carbocycles. The number of hydrogen-bond acceptors (Lipinski definition) is 3. The van der Waals surface area contributed by atoms with Gasteiger partial charge < -0.3 is 10.5 Å². The first-order valence-electron chi connectivity index (χ1n) is 5.92. The van der Waals surface area contributed by atoms with E-state index in [1.807, 2.05) is 24.4 Å². The Labute approximate surface area is 102 Å². The Morgan fingerprint density at radius 2 is 2.18 bits per heavy atom. The highest BCUT2D eigenvalue weighted by molar-refractivity contribution is 5.86. The fraction of sp³-hybridized carbons (Fsp3) is 0.357. The standard InChI is InChI=1S/C14H18N2O/c1-3-10(9-15)14-13-5-4-12(17-2)8-11(13)6-7-16-14/h4-8,10H,3,9,15H2,1-2H3. The quantitative estimate of drug-likeness (QED) is 0.878. The summed E-state index contributed by atoms with van der Waals surface area (Å²) in [4.78, 5) is 4.48. The summed E-state index contributed by atoms with van der Waals surface area (Å²) in [5.41, 5.74) is 6.89. The normalized spacial score (nSPS) is 12.6. The van der Waals surface area contributed by atoms with E-state index < -0.39 is 0 Å². The van der Waals surface area contributed by atoms with Crippen molar-refractivity contribution >= 4 is 10.8 Å². The summed E-state index contributed by atoms with van der Waals surface area (Å²) in [7, 11) is 1.68. The van der Waals surface area contributed by atoms with Crippen LogP contribution in [0.25, 0.3) is 10.8 Å². The summed E-state index contributed by atoms with van der Waals surface area (Å²) >= 11 is 0. The Bertz CT molecular complexity index is 507. The van der Waals surface area contributed by atoms with E-state index >= 15 is 0 Å². The first-order valence-corrected chi connectivity index (χ1v) is 5.92. The maximum atomic E-state index is 5.80. The molecule has 0 aliphatic heterocycles. The van der Waals surface area contributed by atoms with Crippen LogP contribution in [0.15, 0.2) is 30.5 Å². The molecule has 1 unspecified atom stereocenters. The van der Waals surface area contributed by atoms with Gasteiger partial charge >= 0.3 is 0 Å². The van der Waals surface area contributed by atoms with Gasteiger partial charge in [-0.25, -0.2) is 0 Å². The lowest BCUT2D eigenvalue weighted by Crippen LogP contribution is -2.13. The van der Waals surface area contributed by atoms with Crippen LogP contribution in [-0.4, -0.2) is 18.6 Å². The molecule has 0 bridgehead atoms. The average molecular weight is 230 g/mol. The third kappa shape index (κ3) is 2.24. The summed E-state index contributed by atoms with van der Waals surface area (Å²) in [6, 6.07) is 8.07. The number of pyridine rings is 1. The highest BCUT2D eigenvalue weighted by Crippen LogP contribution is 2.27. The zero-order valence-corrected chi connectivity index (χ0v) is 10.3. The van der Waals surface area contributed by atoms with Crippen LogP contribution in [0.1, 0.15) is 25.0 Å². The molecule has 0 spiro atoms. The highest BCUT2D eigenvalue weighted by Gasteiger charge is 2.12. The van der Waals surface area contributed by atoms with Crippen LogP contribution in [0.2, 0.25) is 0 Å². The second-order valence-electron chi connectivity index (χ2n) is 4.12. The maximum absolute atomic E-state index is 5.80. The van der Waals surface area contributed by atoms with Crippen molar-refractivity contribution in [1.82, 2.24) is 4.98 Å². The second kappa shape index (κ2) is 5.15. The van der Waals surface area contributed by atoms with Crippen molar-refractivity contribution in [2.24, 2.45) is 5.73 Å². The van der Waals surface area contributed by atoms with E-state index in [1.54, 1.807) is 7.11 Å². The van der Waals surface area contributed by atoms with Crippen molar-refractivity contribution in [3.8, 4) is 5.75 Å². The van der Waals surface area contributed by atoms with Gasteiger partial charge in [0.05, 0.1) is 12.8 Å². The van der Waals surface area contributed by atoms with Gasteiger partial charge in [-0.2, -0.15) is 0 Å². The Balaban J connectivity index is 2.57. The van der Waals surface area contributed by atoms with Gasteiger partial charge in [-0.15, -0.1) is 0 Å². The van der Waals surface area contributed by atoms with Crippen LogP contribution >= 0.6 is 0 Å². The topological polar surface area (TPSA) is 48.1 Å². The first kappa shape index (κ1) is 11.9. The number of hydrogen-bond donors (Lipinski definition) is 1. The number of nitrogens with two attached hydrogens (primary N) is 1. The molecule has 90 valence electrons. The van der Waals surface area contributed by atoms with Gasteiger partial charge in [0.2, 0.25) is 0 Å². The molecule has 1 aromatic carbocycles. The SMILES string of the molecule is CCC(CN)c1nccc2cc(OC)ccc12. The third-order valence-corrected chi connectivity index (χ3v) is 3.17. The predicted molar refractivity (Wildman–Crippen MR) is 70.4 cm³/mol. The van der Waals surface area contributed by atoms with Crippen molar-refractivity contribution in [2.75, 3.05) is 13.7 Å². The van der Waals surface area contributed by atoms with E-state index in [4.69, 9.17) is 10.5 Å². The van der Waals surface area contributed by atoms with E-state index in [9.17, 15) is 0 Å². The Kier molecular flexibility index (Phi) is 3.59. The molecule has 3 nitrogen and oxygen atoms in total. The smallest absolute Gasteiger partial charge is 0.119 e. The van der Waals surface area contributed by atoms with Crippen LogP contribution in [0, 0.1) is 0 Å². The maximum Gasteiger partial charge on any atom is 0.119 e. The van der Waals surface area contributed by atoms with Gasteiger partial charge in [0.1, 0.15) is 5.75 Å². The largest absolute Gasteiger partial charge is 0.497 e. The van der Waals surface area contributed by atoms with Gasteiger partial charge in [-0.3, -0.25) is 4.98 Å². The molecular formula is C14H18N2O. The minimum absolute atomic E-state index is 0.326. The number of aromatic nitrogens is 1. The zero-order chi connectivity index (χ0) is 12.3. The lowest BCUT2D eigenvalue weighted by molar-refractivity contribution is 0.415. The number of rotatable bonds is 4. The Hall–Kier alpha value is -1.61. The molecule has 3 heteroatoms. The molecular weight excluding hydrogens is 212 g/mol. The van der Waals surface area contributed by atoms with Crippen molar-refractivity contribution in [3.63, 3.8) is 0 Å². The van der Waals surface area contributed by atoms with Gasteiger partial charge in [0, 0.05) is 24.0 Å². The fourth-order valence-electron chi connectivity index (χ4n) is 2.10. The molecule has 2 rings (SSSR count). The summed E-state index contributed by atoms with van der Waals surface area (Å²) < 4.78 is 5.23. The van der Waals surface area contributed by atoms with Crippen LogP contribution < -0.4 is 10.5 Å². The second-order valence-corrected chi connectivity index (χ2v) is 4.12. The summed E-state index contributed by atoms with van der Waals surface area (Å²) in [5, 5.41) is 2.33. The molecule has 2 aromatic rings. The van der Waals surface area contributed by atoms with Gasteiger partial charge in [0.15, 0.2) is 0 Å². The summed E-state index contributed by atoms with van der Waals surface area (Å²) in [6.45, 7) is 2.77. The van der Waals surface area contributed by atoms with E-state index in [0.29, 0.717) is 12.5 Å². The molecule has 1 aromatic heterocycles. The predicted octanol–water partition coefficient (Wildman–Crippen LogP) is 2.70. The summed E-state index contributed by atoms with van der Waals surface area (Å²) in [6.07, 6.45) is 2.85. The van der Waals surface area contributed by atoms with E-state index in [2.05, 4.69) is 18.0 Å². The van der Waals surface area contributed by atoms with Crippen molar-refractivity contribution in [2.45, 2.75) is 19.3 Å². The van der Waals surface area contributed by atoms with Crippen molar-refractivity contribution in [3.05, 3.63) is 36.2 Å². The number of nitrogens with zero attached hydrogens (tertiary/aromatic N) is 1. The van der Waals surface area contributed by atoms with Crippen molar-refractivity contribution in [1.29, 1.82) is 0 Å². The molecule has 1 atom stereocenters. The molecule has 0 aliphatic carbocycles. The fourth-order valence-corrected chi connectivity index (χ4v) is 2.10. The lowest BCUT2D eigenvalue weighted by atomic mass is 9.97. The van der Waals surface area contributed by atoms with Crippen LogP contribution in [0.4, 0.5) is 0 Å². The molecule has 0 aliphatic rings. The van der Waals surface area contributed by atoms with Crippen LogP contribution in [0.3, 0.4) is 0 Å². The third-order valence-electron chi connectivity index (χ3n) is 3.17. The average Bonchev–Trinajstić information content (AvgIpc) is 2.39. The number of fused-ring (bicyclic) bond motifs is 1. The molecule has 0 amide bonds. The minimum Gasteiger partial charge on any atom is -0.497 e. The number of methoxy groups -OCH3 is 1. The van der Waals surface area contributed by atoms with E-state index in [1.165, 1.54) is 5.39 Å². The Morgan fingerprint density at radius 3 is 2.82 bits per heavy atom. The molecule has 17 heavy (non-hydrogen) atoms. The van der Waals surface area contributed by atoms with Crippen molar-refractivity contribution < 1.29 is 4.74 Å².